The van der Waals surface area contributed by atoms with E-state index in [0.29, 0.717) is 6.04 Å². The lowest BCUT2D eigenvalue weighted by molar-refractivity contribution is 0.500. The molecule has 0 aromatic carbocycles. The van der Waals surface area contributed by atoms with Crippen LogP contribution in [0.1, 0.15) is 51.9 Å². The minimum absolute atomic E-state index is 0.597. The fraction of sp³-hybridized carbons (Fsp3) is 0.786. The number of hydrogen-bond donors (Lipinski definition) is 1. The molecule has 98 valence electrons. The van der Waals surface area contributed by atoms with Crippen molar-refractivity contribution in [3.05, 3.63) is 17.5 Å². The standard InChI is InChI=1S/C14H27N3/c1-5-10-15-12(4)8-9-14-11-13(6-2)16-17(14)7-3/h11-12,15H,5-10H2,1-4H3. The van der Waals surface area contributed by atoms with Crippen LogP contribution in [0.4, 0.5) is 0 Å². The topological polar surface area (TPSA) is 29.9 Å². The van der Waals surface area contributed by atoms with E-state index in [4.69, 9.17) is 0 Å². The summed E-state index contributed by atoms with van der Waals surface area (Å²) in [6.45, 7) is 10.9. The van der Waals surface area contributed by atoms with Gasteiger partial charge in [-0.3, -0.25) is 4.68 Å². The SMILES string of the molecule is CCCNC(C)CCc1cc(CC)nn1CC. The Hall–Kier alpha value is -0.830. The van der Waals surface area contributed by atoms with Gasteiger partial charge in [0.1, 0.15) is 0 Å². The van der Waals surface area contributed by atoms with Crippen LogP contribution in [0.15, 0.2) is 6.07 Å². The number of nitrogens with one attached hydrogen (secondary N) is 1. The zero-order valence-electron chi connectivity index (χ0n) is 11.8. The van der Waals surface area contributed by atoms with E-state index in [0.717, 1.165) is 25.9 Å². The number of aryl methyl sites for hydroxylation is 3. The summed E-state index contributed by atoms with van der Waals surface area (Å²) in [5.74, 6) is 0. The minimum atomic E-state index is 0.597. The second-order valence-corrected chi connectivity index (χ2v) is 4.69. The number of rotatable bonds is 8. The van der Waals surface area contributed by atoms with E-state index in [-0.39, 0.29) is 0 Å². The highest BCUT2D eigenvalue weighted by Crippen LogP contribution is 2.09. The third kappa shape index (κ3) is 4.50. The van der Waals surface area contributed by atoms with Crippen molar-refractivity contribution >= 4 is 0 Å². The predicted octanol–water partition coefficient (Wildman–Crippen LogP) is 2.79. The van der Waals surface area contributed by atoms with Crippen molar-refractivity contribution in [2.45, 2.75) is 66.0 Å². The molecule has 0 aliphatic carbocycles. The smallest absolute Gasteiger partial charge is 0.0624 e. The van der Waals surface area contributed by atoms with Gasteiger partial charge < -0.3 is 5.32 Å². The van der Waals surface area contributed by atoms with Gasteiger partial charge in [0, 0.05) is 18.3 Å². The van der Waals surface area contributed by atoms with Crippen molar-refractivity contribution in [2.24, 2.45) is 0 Å². The molecule has 1 unspecified atom stereocenters. The van der Waals surface area contributed by atoms with Gasteiger partial charge in [0.2, 0.25) is 0 Å². The lowest BCUT2D eigenvalue weighted by Crippen LogP contribution is -2.27. The molecule has 0 saturated carbocycles. The molecule has 17 heavy (non-hydrogen) atoms. The molecule has 0 aliphatic heterocycles. The molecule has 3 nitrogen and oxygen atoms in total. The van der Waals surface area contributed by atoms with Crippen molar-refractivity contribution in [1.82, 2.24) is 15.1 Å². The van der Waals surface area contributed by atoms with Gasteiger partial charge in [0.25, 0.3) is 0 Å². The van der Waals surface area contributed by atoms with Crippen LogP contribution in [0.5, 0.6) is 0 Å². The van der Waals surface area contributed by atoms with Crippen LogP contribution in [-0.2, 0) is 19.4 Å². The predicted molar refractivity (Wildman–Crippen MR) is 73.4 cm³/mol. The third-order valence-corrected chi connectivity index (χ3v) is 3.15. The lowest BCUT2D eigenvalue weighted by Gasteiger charge is -2.13. The summed E-state index contributed by atoms with van der Waals surface area (Å²) in [4.78, 5) is 0. The highest BCUT2D eigenvalue weighted by atomic mass is 15.3. The van der Waals surface area contributed by atoms with Crippen molar-refractivity contribution in [1.29, 1.82) is 0 Å². The van der Waals surface area contributed by atoms with Crippen molar-refractivity contribution < 1.29 is 0 Å². The average molecular weight is 237 g/mol. The zero-order valence-corrected chi connectivity index (χ0v) is 11.8. The van der Waals surface area contributed by atoms with Gasteiger partial charge in [-0.25, -0.2) is 0 Å². The van der Waals surface area contributed by atoms with Gasteiger partial charge in [-0.2, -0.15) is 5.10 Å². The monoisotopic (exact) mass is 237 g/mol. The van der Waals surface area contributed by atoms with E-state index in [9.17, 15) is 0 Å². The first-order chi connectivity index (χ1) is 8.21. The van der Waals surface area contributed by atoms with Crippen molar-refractivity contribution in [3.8, 4) is 0 Å². The maximum Gasteiger partial charge on any atom is 0.0624 e. The van der Waals surface area contributed by atoms with E-state index in [1.807, 2.05) is 0 Å². The molecule has 1 rings (SSSR count). The van der Waals surface area contributed by atoms with Gasteiger partial charge in [0.05, 0.1) is 5.69 Å². The maximum absolute atomic E-state index is 4.58. The van der Waals surface area contributed by atoms with Gasteiger partial charge in [-0.1, -0.05) is 13.8 Å². The summed E-state index contributed by atoms with van der Waals surface area (Å²) in [5, 5.41) is 8.11. The molecule has 0 radical (unpaired) electrons. The third-order valence-electron chi connectivity index (χ3n) is 3.15. The molecule has 0 amide bonds. The van der Waals surface area contributed by atoms with Crippen LogP contribution in [0.3, 0.4) is 0 Å². The first-order valence-corrected chi connectivity index (χ1v) is 7.00. The molecule has 0 fully saturated rings. The second-order valence-electron chi connectivity index (χ2n) is 4.69. The van der Waals surface area contributed by atoms with Gasteiger partial charge >= 0.3 is 0 Å². The van der Waals surface area contributed by atoms with Crippen LogP contribution >= 0.6 is 0 Å². The molecular formula is C14H27N3. The van der Waals surface area contributed by atoms with E-state index in [2.05, 4.69) is 48.9 Å². The molecule has 0 saturated heterocycles. The quantitative estimate of drug-likeness (QED) is 0.753. The normalized spacial score (nSPS) is 12.9. The van der Waals surface area contributed by atoms with Crippen LogP contribution in [-0.4, -0.2) is 22.4 Å². The molecule has 3 heteroatoms. The summed E-state index contributed by atoms with van der Waals surface area (Å²) in [6, 6.07) is 2.86. The molecule has 1 heterocycles. The molecule has 0 aliphatic rings. The van der Waals surface area contributed by atoms with Gasteiger partial charge in [-0.05, 0) is 52.1 Å². The molecule has 0 spiro atoms. The van der Waals surface area contributed by atoms with Crippen LogP contribution in [0.25, 0.3) is 0 Å². The molecule has 1 aromatic heterocycles. The number of nitrogens with zero attached hydrogens (tertiary/aromatic N) is 2. The lowest BCUT2D eigenvalue weighted by atomic mass is 10.1. The Labute approximate surface area is 106 Å². The molecule has 1 atom stereocenters. The zero-order chi connectivity index (χ0) is 12.7. The Morgan fingerprint density at radius 3 is 2.71 bits per heavy atom. The molecule has 1 N–H and O–H groups in total. The summed E-state index contributed by atoms with van der Waals surface area (Å²) in [6.07, 6.45) is 4.55. The summed E-state index contributed by atoms with van der Waals surface area (Å²) < 4.78 is 2.14. The Balaban J connectivity index is 2.47. The van der Waals surface area contributed by atoms with E-state index >= 15 is 0 Å². The van der Waals surface area contributed by atoms with Crippen LogP contribution < -0.4 is 5.32 Å². The first kappa shape index (κ1) is 14.2. The van der Waals surface area contributed by atoms with Crippen LogP contribution in [0, 0.1) is 0 Å². The fourth-order valence-electron chi connectivity index (χ4n) is 2.02. The molecule has 1 aromatic rings. The van der Waals surface area contributed by atoms with E-state index in [1.165, 1.54) is 24.2 Å². The van der Waals surface area contributed by atoms with Crippen molar-refractivity contribution in [2.75, 3.05) is 6.54 Å². The first-order valence-electron chi connectivity index (χ1n) is 7.00. The molecule has 0 bridgehead atoms. The van der Waals surface area contributed by atoms with Gasteiger partial charge in [0.15, 0.2) is 0 Å². The second kappa shape index (κ2) is 7.49. The summed E-state index contributed by atoms with van der Waals surface area (Å²) in [5.41, 5.74) is 2.60. The Kier molecular flexibility index (Phi) is 6.27. The van der Waals surface area contributed by atoms with Crippen molar-refractivity contribution in [3.63, 3.8) is 0 Å². The Morgan fingerprint density at radius 2 is 2.12 bits per heavy atom. The number of hydrogen-bond acceptors (Lipinski definition) is 2. The summed E-state index contributed by atoms with van der Waals surface area (Å²) in [7, 11) is 0. The van der Waals surface area contributed by atoms with E-state index < -0.39 is 0 Å². The highest BCUT2D eigenvalue weighted by Gasteiger charge is 2.07. The fourth-order valence-corrected chi connectivity index (χ4v) is 2.02. The summed E-state index contributed by atoms with van der Waals surface area (Å²) >= 11 is 0. The Bertz CT molecular complexity index is 317. The van der Waals surface area contributed by atoms with Crippen LogP contribution in [0.2, 0.25) is 0 Å². The van der Waals surface area contributed by atoms with Gasteiger partial charge in [-0.15, -0.1) is 0 Å². The van der Waals surface area contributed by atoms with E-state index in [1.54, 1.807) is 0 Å². The molecular weight excluding hydrogens is 210 g/mol. The Morgan fingerprint density at radius 1 is 1.35 bits per heavy atom. The number of aromatic nitrogens is 2. The largest absolute Gasteiger partial charge is 0.314 e. The minimum Gasteiger partial charge on any atom is -0.314 e. The maximum atomic E-state index is 4.58. The highest BCUT2D eigenvalue weighted by molar-refractivity contribution is 5.10. The average Bonchev–Trinajstić information content (AvgIpc) is 2.76.